The molecule has 6 nitrogen and oxygen atoms in total. The van der Waals surface area contributed by atoms with Crippen LogP contribution in [0.3, 0.4) is 0 Å². The van der Waals surface area contributed by atoms with Crippen LogP contribution < -0.4 is 10.1 Å². The number of carbonyl (C=O) groups is 1. The standard InChI is InChI=1S/C16H13F3N4O2S/c1-9-13(7-20)15(22-10(2)21-9)26-8-14(24)23-11-3-5-12(6-4-11)25-16(17,18)19/h3-6H,8H2,1-2H3,(H,23,24). The van der Waals surface area contributed by atoms with E-state index in [1.807, 2.05) is 6.07 Å². The molecule has 0 aliphatic carbocycles. The minimum Gasteiger partial charge on any atom is -0.406 e. The summed E-state index contributed by atoms with van der Waals surface area (Å²) in [5.41, 5.74) is 1.16. The molecular weight excluding hydrogens is 369 g/mol. The summed E-state index contributed by atoms with van der Waals surface area (Å²) in [6, 6.07) is 6.79. The van der Waals surface area contributed by atoms with Gasteiger partial charge in [0, 0.05) is 5.69 Å². The van der Waals surface area contributed by atoms with Gasteiger partial charge in [-0.1, -0.05) is 11.8 Å². The molecule has 26 heavy (non-hydrogen) atoms. The molecule has 2 rings (SSSR count). The van der Waals surface area contributed by atoms with Gasteiger partial charge in [-0.05, 0) is 38.1 Å². The van der Waals surface area contributed by atoms with Gasteiger partial charge in [0.1, 0.15) is 28.2 Å². The number of alkyl halides is 3. The number of benzene rings is 1. The lowest BCUT2D eigenvalue weighted by molar-refractivity contribution is -0.274. The number of hydrogen-bond donors (Lipinski definition) is 1. The van der Waals surface area contributed by atoms with Crippen LogP contribution >= 0.6 is 11.8 Å². The topological polar surface area (TPSA) is 87.9 Å². The Balaban J connectivity index is 1.97. The Bertz CT molecular complexity index is 848. The molecule has 0 saturated heterocycles. The second kappa shape index (κ2) is 8.05. The largest absolute Gasteiger partial charge is 0.573 e. The highest BCUT2D eigenvalue weighted by Gasteiger charge is 2.30. The molecule has 1 heterocycles. The van der Waals surface area contributed by atoms with Crippen molar-refractivity contribution < 1.29 is 22.7 Å². The van der Waals surface area contributed by atoms with Gasteiger partial charge >= 0.3 is 6.36 Å². The van der Waals surface area contributed by atoms with Crippen LogP contribution in [0.1, 0.15) is 17.1 Å². The number of nitrogens with zero attached hydrogens (tertiary/aromatic N) is 3. The van der Waals surface area contributed by atoms with Gasteiger partial charge in [-0.3, -0.25) is 4.79 Å². The third kappa shape index (κ3) is 5.63. The number of nitrogens with one attached hydrogen (secondary N) is 1. The lowest BCUT2D eigenvalue weighted by Crippen LogP contribution is -2.17. The van der Waals surface area contributed by atoms with Crippen LogP contribution in [0.25, 0.3) is 0 Å². The van der Waals surface area contributed by atoms with Crippen LogP contribution in [0.4, 0.5) is 18.9 Å². The van der Waals surface area contributed by atoms with Crippen LogP contribution in [-0.4, -0.2) is 28.0 Å². The van der Waals surface area contributed by atoms with Gasteiger partial charge in [0.25, 0.3) is 0 Å². The Morgan fingerprint density at radius 3 is 2.50 bits per heavy atom. The number of hydrogen-bond acceptors (Lipinski definition) is 6. The van der Waals surface area contributed by atoms with E-state index in [1.54, 1.807) is 13.8 Å². The van der Waals surface area contributed by atoms with Crippen molar-refractivity contribution in [3.63, 3.8) is 0 Å². The van der Waals surface area contributed by atoms with E-state index < -0.39 is 12.3 Å². The van der Waals surface area contributed by atoms with Crippen LogP contribution in [0, 0.1) is 25.2 Å². The Labute approximate surface area is 151 Å². The van der Waals surface area contributed by atoms with E-state index in [9.17, 15) is 18.0 Å². The van der Waals surface area contributed by atoms with Crippen LogP contribution in [-0.2, 0) is 4.79 Å². The molecular formula is C16H13F3N4O2S. The van der Waals surface area contributed by atoms with Crippen molar-refractivity contribution in [1.29, 1.82) is 5.26 Å². The van der Waals surface area contributed by atoms with Gasteiger partial charge in [0.2, 0.25) is 5.91 Å². The highest BCUT2D eigenvalue weighted by molar-refractivity contribution is 8.00. The maximum Gasteiger partial charge on any atom is 0.573 e. The summed E-state index contributed by atoms with van der Waals surface area (Å²) in [5, 5.41) is 12.1. The fraction of sp³-hybridized carbons (Fsp3) is 0.250. The number of aromatic nitrogens is 2. The van der Waals surface area contributed by atoms with E-state index in [4.69, 9.17) is 5.26 Å². The number of aryl methyl sites for hydroxylation is 2. The fourth-order valence-corrected chi connectivity index (χ4v) is 2.86. The van der Waals surface area contributed by atoms with Gasteiger partial charge < -0.3 is 10.1 Å². The van der Waals surface area contributed by atoms with E-state index in [2.05, 4.69) is 20.0 Å². The molecule has 10 heteroatoms. The predicted octanol–water partition coefficient (Wildman–Crippen LogP) is 3.59. The second-order valence-corrected chi connectivity index (χ2v) is 6.02. The average molecular weight is 382 g/mol. The summed E-state index contributed by atoms with van der Waals surface area (Å²) < 4.78 is 40.1. The first kappa shape index (κ1) is 19.5. The number of halogens is 3. The summed E-state index contributed by atoms with van der Waals surface area (Å²) in [6.45, 7) is 3.37. The maximum absolute atomic E-state index is 12.1. The molecule has 0 aliphatic rings. The molecule has 0 unspecified atom stereocenters. The van der Waals surface area contributed by atoms with E-state index in [-0.39, 0.29) is 11.5 Å². The molecule has 1 aromatic carbocycles. The van der Waals surface area contributed by atoms with E-state index in [0.29, 0.717) is 27.8 Å². The third-order valence-corrected chi connectivity index (χ3v) is 3.97. The maximum atomic E-state index is 12.1. The molecule has 0 atom stereocenters. The van der Waals surface area contributed by atoms with Gasteiger partial charge in [-0.25, -0.2) is 9.97 Å². The van der Waals surface area contributed by atoms with E-state index in [0.717, 1.165) is 23.9 Å². The molecule has 1 amide bonds. The van der Waals surface area contributed by atoms with Crippen molar-refractivity contribution in [3.05, 3.63) is 41.3 Å². The second-order valence-electron chi connectivity index (χ2n) is 5.06. The third-order valence-electron chi connectivity index (χ3n) is 2.99. The minimum absolute atomic E-state index is 0.0224. The first-order valence-electron chi connectivity index (χ1n) is 7.22. The molecule has 1 aromatic heterocycles. The number of ether oxygens (including phenoxy) is 1. The Kier molecular flexibility index (Phi) is 6.05. The van der Waals surface area contributed by atoms with Crippen molar-refractivity contribution in [1.82, 2.24) is 9.97 Å². The quantitative estimate of drug-likeness (QED) is 0.628. The molecule has 1 N–H and O–H groups in total. The summed E-state index contributed by atoms with van der Waals surface area (Å²) in [6.07, 6.45) is -4.77. The smallest absolute Gasteiger partial charge is 0.406 e. The highest BCUT2D eigenvalue weighted by Crippen LogP contribution is 2.25. The first-order chi connectivity index (χ1) is 12.2. The number of anilines is 1. The molecule has 2 aromatic rings. The van der Waals surface area contributed by atoms with Crippen LogP contribution in [0.5, 0.6) is 5.75 Å². The fourth-order valence-electron chi connectivity index (χ4n) is 1.99. The van der Waals surface area contributed by atoms with E-state index in [1.165, 1.54) is 12.1 Å². The van der Waals surface area contributed by atoms with Gasteiger partial charge in [-0.15, -0.1) is 13.2 Å². The number of nitriles is 1. The van der Waals surface area contributed by atoms with Gasteiger partial charge in [0.15, 0.2) is 0 Å². The van der Waals surface area contributed by atoms with Crippen molar-refractivity contribution in [2.45, 2.75) is 25.2 Å². The molecule has 0 fully saturated rings. The number of amides is 1. The van der Waals surface area contributed by atoms with Crippen molar-refractivity contribution in [2.24, 2.45) is 0 Å². The zero-order valence-electron chi connectivity index (χ0n) is 13.7. The van der Waals surface area contributed by atoms with Crippen LogP contribution in [0.15, 0.2) is 29.3 Å². The zero-order valence-corrected chi connectivity index (χ0v) is 14.5. The van der Waals surface area contributed by atoms with Crippen LogP contribution in [0.2, 0.25) is 0 Å². The molecule has 0 radical (unpaired) electrons. The van der Waals surface area contributed by atoms with Crippen molar-refractivity contribution >= 4 is 23.4 Å². The monoisotopic (exact) mass is 382 g/mol. The molecule has 0 saturated carbocycles. The number of thioether (sulfide) groups is 1. The lowest BCUT2D eigenvalue weighted by atomic mass is 10.3. The van der Waals surface area contributed by atoms with Crippen molar-refractivity contribution in [2.75, 3.05) is 11.1 Å². The molecule has 0 spiro atoms. The molecule has 0 aliphatic heterocycles. The van der Waals surface area contributed by atoms with Crippen molar-refractivity contribution in [3.8, 4) is 11.8 Å². The zero-order chi connectivity index (χ0) is 19.3. The SMILES string of the molecule is Cc1nc(C)c(C#N)c(SCC(=O)Nc2ccc(OC(F)(F)F)cc2)n1. The predicted molar refractivity (Wildman–Crippen MR) is 88.7 cm³/mol. The lowest BCUT2D eigenvalue weighted by Gasteiger charge is -2.10. The highest BCUT2D eigenvalue weighted by atomic mass is 32.2. The van der Waals surface area contributed by atoms with Gasteiger partial charge in [0.05, 0.1) is 11.4 Å². The summed E-state index contributed by atoms with van der Waals surface area (Å²) >= 11 is 1.08. The summed E-state index contributed by atoms with van der Waals surface area (Å²) in [7, 11) is 0. The number of carbonyl (C=O) groups excluding carboxylic acids is 1. The normalized spacial score (nSPS) is 10.9. The van der Waals surface area contributed by atoms with E-state index >= 15 is 0 Å². The number of rotatable bonds is 5. The molecule has 136 valence electrons. The minimum atomic E-state index is -4.77. The molecule has 0 bridgehead atoms. The average Bonchev–Trinajstić information content (AvgIpc) is 2.53. The Hall–Kier alpha value is -2.80. The Morgan fingerprint density at radius 2 is 1.92 bits per heavy atom. The van der Waals surface area contributed by atoms with Gasteiger partial charge in [-0.2, -0.15) is 5.26 Å². The Morgan fingerprint density at radius 1 is 1.27 bits per heavy atom. The first-order valence-corrected chi connectivity index (χ1v) is 8.20. The summed E-state index contributed by atoms with van der Waals surface area (Å²) in [5.74, 6) is -0.303. The summed E-state index contributed by atoms with van der Waals surface area (Å²) in [4.78, 5) is 20.2.